The second kappa shape index (κ2) is 9.54. The van der Waals surface area contributed by atoms with Gasteiger partial charge in [0.1, 0.15) is 9.96 Å². The van der Waals surface area contributed by atoms with Crippen LogP contribution in [0.1, 0.15) is 43.0 Å². The van der Waals surface area contributed by atoms with E-state index in [1.54, 1.807) is 40.0 Å². The number of rotatable bonds is 8. The Bertz CT molecular complexity index is 881. The van der Waals surface area contributed by atoms with Crippen LogP contribution in [0, 0.1) is 0 Å². The molecule has 1 aromatic heterocycles. The van der Waals surface area contributed by atoms with Gasteiger partial charge in [-0.3, -0.25) is 4.79 Å². The number of piperidine rings is 1. The van der Waals surface area contributed by atoms with Gasteiger partial charge in [-0.2, -0.15) is 4.31 Å². The molecule has 1 saturated heterocycles. The van der Waals surface area contributed by atoms with Crippen LogP contribution in [0.4, 0.5) is 0 Å². The number of carbonyl (C=O) groups excluding carboxylic acids is 1. The SMILES string of the molecule is CCOc1ccccc1C(=O)NCCC1CCCCN1S(=O)(=O)c1cccs1. The van der Waals surface area contributed by atoms with Gasteiger partial charge in [0.15, 0.2) is 0 Å². The van der Waals surface area contributed by atoms with E-state index in [4.69, 9.17) is 4.74 Å². The Balaban J connectivity index is 1.62. The molecule has 152 valence electrons. The van der Waals surface area contributed by atoms with Crippen molar-refractivity contribution in [3.05, 3.63) is 47.3 Å². The average molecular weight is 423 g/mol. The predicted molar refractivity (Wildman–Crippen MR) is 110 cm³/mol. The molecule has 1 aliphatic heterocycles. The Kier molecular flexibility index (Phi) is 7.09. The fraction of sp³-hybridized carbons (Fsp3) is 0.450. The van der Waals surface area contributed by atoms with E-state index in [1.807, 2.05) is 13.0 Å². The maximum absolute atomic E-state index is 12.9. The summed E-state index contributed by atoms with van der Waals surface area (Å²) < 4.78 is 33.4. The van der Waals surface area contributed by atoms with Crippen LogP contribution in [-0.4, -0.2) is 44.4 Å². The number of thiophene rings is 1. The smallest absolute Gasteiger partial charge is 0.255 e. The molecule has 0 bridgehead atoms. The third kappa shape index (κ3) is 4.74. The Morgan fingerprint density at radius 1 is 1.25 bits per heavy atom. The number of ether oxygens (including phenoxy) is 1. The number of sulfonamides is 1. The molecule has 3 rings (SSSR count). The summed E-state index contributed by atoms with van der Waals surface area (Å²) in [5, 5.41) is 4.69. The van der Waals surface area contributed by atoms with E-state index >= 15 is 0 Å². The van der Waals surface area contributed by atoms with Gasteiger partial charge in [0.2, 0.25) is 0 Å². The van der Waals surface area contributed by atoms with Crippen molar-refractivity contribution in [1.82, 2.24) is 9.62 Å². The van der Waals surface area contributed by atoms with E-state index < -0.39 is 10.0 Å². The van der Waals surface area contributed by atoms with Gasteiger partial charge in [-0.1, -0.05) is 24.6 Å². The number of hydrogen-bond acceptors (Lipinski definition) is 5. The number of nitrogens with zero attached hydrogens (tertiary/aromatic N) is 1. The molecule has 1 N–H and O–H groups in total. The van der Waals surface area contributed by atoms with Gasteiger partial charge in [-0.15, -0.1) is 11.3 Å². The van der Waals surface area contributed by atoms with E-state index in [2.05, 4.69) is 5.32 Å². The minimum absolute atomic E-state index is 0.0942. The van der Waals surface area contributed by atoms with Gasteiger partial charge < -0.3 is 10.1 Å². The summed E-state index contributed by atoms with van der Waals surface area (Å²) in [6.07, 6.45) is 3.28. The van der Waals surface area contributed by atoms with E-state index in [0.29, 0.717) is 41.6 Å². The first-order chi connectivity index (χ1) is 13.5. The van der Waals surface area contributed by atoms with Gasteiger partial charge in [-0.25, -0.2) is 8.42 Å². The van der Waals surface area contributed by atoms with Crippen molar-refractivity contribution in [2.75, 3.05) is 19.7 Å². The van der Waals surface area contributed by atoms with Crippen molar-refractivity contribution in [3.63, 3.8) is 0 Å². The van der Waals surface area contributed by atoms with Crippen molar-refractivity contribution in [3.8, 4) is 5.75 Å². The van der Waals surface area contributed by atoms with Crippen molar-refractivity contribution >= 4 is 27.3 Å². The van der Waals surface area contributed by atoms with Crippen molar-refractivity contribution in [2.24, 2.45) is 0 Å². The fourth-order valence-corrected chi connectivity index (χ4v) is 6.33. The Labute approximate surface area is 170 Å². The maximum Gasteiger partial charge on any atom is 0.255 e. The third-order valence-corrected chi connectivity index (χ3v) is 8.15. The highest BCUT2D eigenvalue weighted by molar-refractivity contribution is 7.91. The topological polar surface area (TPSA) is 75.7 Å². The van der Waals surface area contributed by atoms with E-state index in [9.17, 15) is 13.2 Å². The average Bonchev–Trinajstić information content (AvgIpc) is 3.25. The minimum atomic E-state index is -3.47. The van der Waals surface area contributed by atoms with Crippen LogP contribution in [0.25, 0.3) is 0 Å². The molecule has 6 nitrogen and oxygen atoms in total. The normalized spacial score (nSPS) is 18.0. The molecule has 1 aromatic carbocycles. The lowest BCUT2D eigenvalue weighted by molar-refractivity contribution is 0.0945. The molecule has 0 radical (unpaired) electrons. The summed E-state index contributed by atoms with van der Waals surface area (Å²) in [6.45, 7) is 3.31. The minimum Gasteiger partial charge on any atom is -0.493 e. The molecule has 1 aliphatic rings. The van der Waals surface area contributed by atoms with Crippen LogP contribution in [0.5, 0.6) is 5.75 Å². The Morgan fingerprint density at radius 3 is 2.82 bits per heavy atom. The molecule has 1 fully saturated rings. The summed E-state index contributed by atoms with van der Waals surface area (Å²) in [5.74, 6) is 0.356. The summed E-state index contributed by atoms with van der Waals surface area (Å²) in [6, 6.07) is 10.4. The van der Waals surface area contributed by atoms with Crippen molar-refractivity contribution in [1.29, 1.82) is 0 Å². The standard InChI is InChI=1S/C20H26N2O4S2/c1-2-26-18-10-4-3-9-17(18)20(23)21-13-12-16-8-5-6-14-22(16)28(24,25)19-11-7-15-27-19/h3-4,7,9-11,15-16H,2,5-6,8,12-14H2,1H3,(H,21,23). The van der Waals surface area contributed by atoms with E-state index in [0.717, 1.165) is 19.3 Å². The summed E-state index contributed by atoms with van der Waals surface area (Å²) >= 11 is 1.24. The lowest BCUT2D eigenvalue weighted by Crippen LogP contribution is -2.44. The molecule has 1 atom stereocenters. The van der Waals surface area contributed by atoms with E-state index in [-0.39, 0.29) is 11.9 Å². The molecule has 0 spiro atoms. The monoisotopic (exact) mass is 422 g/mol. The lowest BCUT2D eigenvalue weighted by Gasteiger charge is -2.34. The Morgan fingerprint density at radius 2 is 2.07 bits per heavy atom. The number of hydrogen-bond donors (Lipinski definition) is 1. The third-order valence-electron chi connectivity index (χ3n) is 4.83. The van der Waals surface area contributed by atoms with Crippen molar-refractivity contribution in [2.45, 2.75) is 42.9 Å². The highest BCUT2D eigenvalue weighted by Crippen LogP contribution is 2.29. The van der Waals surface area contributed by atoms with E-state index in [1.165, 1.54) is 11.3 Å². The highest BCUT2D eigenvalue weighted by atomic mass is 32.2. The zero-order valence-electron chi connectivity index (χ0n) is 16.0. The first-order valence-electron chi connectivity index (χ1n) is 9.59. The number of para-hydroxylation sites is 1. The molecule has 2 heterocycles. The fourth-order valence-electron chi connectivity index (χ4n) is 3.49. The number of benzene rings is 1. The van der Waals surface area contributed by atoms with Gasteiger partial charge >= 0.3 is 0 Å². The van der Waals surface area contributed by atoms with Crippen molar-refractivity contribution < 1.29 is 17.9 Å². The second-order valence-electron chi connectivity index (χ2n) is 6.67. The van der Waals surface area contributed by atoms with Crippen LogP contribution in [0.15, 0.2) is 46.0 Å². The van der Waals surface area contributed by atoms with Crippen LogP contribution in [-0.2, 0) is 10.0 Å². The maximum atomic E-state index is 12.9. The van der Waals surface area contributed by atoms with Gasteiger partial charge in [-0.05, 0) is 49.8 Å². The second-order valence-corrected chi connectivity index (χ2v) is 9.74. The Hall–Kier alpha value is -1.90. The van der Waals surface area contributed by atoms with Gasteiger partial charge in [0.25, 0.3) is 15.9 Å². The molecule has 0 saturated carbocycles. The number of nitrogens with one attached hydrogen (secondary N) is 1. The van der Waals surface area contributed by atoms with Crippen LogP contribution >= 0.6 is 11.3 Å². The number of amides is 1. The van der Waals surface area contributed by atoms with Crippen LogP contribution < -0.4 is 10.1 Å². The molecule has 28 heavy (non-hydrogen) atoms. The van der Waals surface area contributed by atoms with Crippen LogP contribution in [0.2, 0.25) is 0 Å². The molecule has 0 aliphatic carbocycles. The quantitative estimate of drug-likeness (QED) is 0.706. The lowest BCUT2D eigenvalue weighted by atomic mass is 10.0. The predicted octanol–water partition coefficient (Wildman–Crippen LogP) is 3.51. The highest BCUT2D eigenvalue weighted by Gasteiger charge is 2.33. The largest absolute Gasteiger partial charge is 0.493 e. The molecule has 1 unspecified atom stereocenters. The molecule has 8 heteroatoms. The summed E-state index contributed by atoms with van der Waals surface area (Å²) in [7, 11) is -3.47. The zero-order chi connectivity index (χ0) is 20.0. The first kappa shape index (κ1) is 20.8. The number of carbonyl (C=O) groups is 1. The molecule has 1 amide bonds. The first-order valence-corrected chi connectivity index (χ1v) is 11.9. The summed E-state index contributed by atoms with van der Waals surface area (Å²) in [4.78, 5) is 12.5. The molecule has 2 aromatic rings. The summed E-state index contributed by atoms with van der Waals surface area (Å²) in [5.41, 5.74) is 0.496. The molecular formula is C20H26N2O4S2. The molecular weight excluding hydrogens is 396 g/mol. The van der Waals surface area contributed by atoms with Crippen LogP contribution in [0.3, 0.4) is 0 Å². The van der Waals surface area contributed by atoms with Gasteiger partial charge in [0, 0.05) is 19.1 Å². The van der Waals surface area contributed by atoms with Gasteiger partial charge in [0.05, 0.1) is 12.2 Å². The zero-order valence-corrected chi connectivity index (χ0v) is 17.6.